The van der Waals surface area contributed by atoms with Gasteiger partial charge >= 0.3 is 0 Å². The van der Waals surface area contributed by atoms with E-state index < -0.39 is 0 Å². The molecule has 1 N–H and O–H groups in total. The van der Waals surface area contributed by atoms with Crippen LogP contribution in [0.15, 0.2) is 0 Å². The van der Waals surface area contributed by atoms with E-state index in [1.54, 1.807) is 0 Å². The molecule has 3 atom stereocenters. The molecule has 1 saturated heterocycles. The molecule has 21 heavy (non-hydrogen) atoms. The summed E-state index contributed by atoms with van der Waals surface area (Å²) in [4.78, 5) is 2.79. The first-order valence-corrected chi connectivity index (χ1v) is 9.56. The summed E-state index contributed by atoms with van der Waals surface area (Å²) in [5.74, 6) is 0.833. The first kappa shape index (κ1) is 19.0. The van der Waals surface area contributed by atoms with Crippen molar-refractivity contribution in [3.05, 3.63) is 0 Å². The number of nitrogens with zero attached hydrogens (tertiary/aromatic N) is 1. The third kappa shape index (κ3) is 5.56. The van der Waals surface area contributed by atoms with E-state index >= 15 is 0 Å². The summed E-state index contributed by atoms with van der Waals surface area (Å²) in [7, 11) is 0. The maximum atomic E-state index is 3.91. The number of nitrogens with one attached hydrogen (secondary N) is 1. The molecule has 0 spiro atoms. The summed E-state index contributed by atoms with van der Waals surface area (Å²) < 4.78 is 0. The minimum atomic E-state index is 0.331. The molecule has 0 bridgehead atoms. The Balaban J connectivity index is 2.78. The van der Waals surface area contributed by atoms with E-state index in [1.165, 1.54) is 64.5 Å². The van der Waals surface area contributed by atoms with Crippen molar-refractivity contribution in [2.45, 2.75) is 97.6 Å². The smallest absolute Gasteiger partial charge is 0.0331 e. The Labute approximate surface area is 134 Å². The molecular weight excluding hydrogens is 256 g/mol. The predicted octanol–water partition coefficient (Wildman–Crippen LogP) is 4.84. The second kappa shape index (κ2) is 9.84. The van der Waals surface area contributed by atoms with Crippen molar-refractivity contribution in [1.82, 2.24) is 10.2 Å². The minimum absolute atomic E-state index is 0.331. The van der Waals surface area contributed by atoms with Gasteiger partial charge in [0.05, 0.1) is 0 Å². The topological polar surface area (TPSA) is 15.3 Å². The molecule has 0 aliphatic carbocycles. The van der Waals surface area contributed by atoms with Crippen LogP contribution >= 0.6 is 0 Å². The van der Waals surface area contributed by atoms with Gasteiger partial charge in [-0.15, -0.1) is 0 Å². The number of hydrogen-bond acceptors (Lipinski definition) is 2. The van der Waals surface area contributed by atoms with E-state index in [2.05, 4.69) is 44.8 Å². The maximum Gasteiger partial charge on any atom is 0.0331 e. The largest absolute Gasteiger partial charge is 0.312 e. The lowest BCUT2D eigenvalue weighted by molar-refractivity contribution is 0.0352. The standard InChI is InChI=1S/C19H40N2/c1-6-12-17(4)16-18(20-13-7-2)19(5,8-3)21-14-10-9-11-15-21/h17-18,20H,6-16H2,1-5H3. The van der Waals surface area contributed by atoms with Crippen LogP contribution in [0.4, 0.5) is 0 Å². The second-order valence-electron chi connectivity index (χ2n) is 7.39. The van der Waals surface area contributed by atoms with Crippen molar-refractivity contribution in [2.75, 3.05) is 19.6 Å². The van der Waals surface area contributed by atoms with E-state index in [0.717, 1.165) is 12.5 Å². The molecule has 1 rings (SSSR count). The summed E-state index contributed by atoms with van der Waals surface area (Å²) in [5.41, 5.74) is 0.331. The predicted molar refractivity (Wildman–Crippen MR) is 94.9 cm³/mol. The molecule has 0 aromatic carbocycles. The fourth-order valence-electron chi connectivity index (χ4n) is 3.98. The third-order valence-electron chi connectivity index (χ3n) is 5.61. The number of hydrogen-bond donors (Lipinski definition) is 1. The number of rotatable bonds is 10. The zero-order chi connectivity index (χ0) is 15.7. The highest BCUT2D eigenvalue weighted by atomic mass is 15.2. The van der Waals surface area contributed by atoms with Gasteiger partial charge in [-0.2, -0.15) is 0 Å². The van der Waals surface area contributed by atoms with Crippen molar-refractivity contribution in [2.24, 2.45) is 5.92 Å². The van der Waals surface area contributed by atoms with Crippen LogP contribution in [-0.4, -0.2) is 36.1 Å². The van der Waals surface area contributed by atoms with Crippen LogP contribution in [0.2, 0.25) is 0 Å². The van der Waals surface area contributed by atoms with Crippen LogP contribution in [0.25, 0.3) is 0 Å². The third-order valence-corrected chi connectivity index (χ3v) is 5.61. The molecule has 1 fully saturated rings. The molecule has 1 aliphatic rings. The highest BCUT2D eigenvalue weighted by Gasteiger charge is 2.38. The first-order chi connectivity index (χ1) is 10.1. The maximum absolute atomic E-state index is 3.91. The summed E-state index contributed by atoms with van der Waals surface area (Å²) in [6.45, 7) is 15.7. The van der Waals surface area contributed by atoms with Gasteiger partial charge in [-0.05, 0) is 64.6 Å². The Morgan fingerprint density at radius 1 is 1.05 bits per heavy atom. The molecule has 3 unspecified atom stereocenters. The van der Waals surface area contributed by atoms with Gasteiger partial charge in [0, 0.05) is 11.6 Å². The monoisotopic (exact) mass is 296 g/mol. The number of piperidine rings is 1. The zero-order valence-corrected chi connectivity index (χ0v) is 15.4. The molecule has 126 valence electrons. The van der Waals surface area contributed by atoms with Gasteiger partial charge in [-0.1, -0.05) is 47.0 Å². The molecule has 0 radical (unpaired) electrons. The lowest BCUT2D eigenvalue weighted by atomic mass is 9.80. The average molecular weight is 297 g/mol. The van der Waals surface area contributed by atoms with Crippen LogP contribution < -0.4 is 5.32 Å². The van der Waals surface area contributed by atoms with E-state index in [0.29, 0.717) is 11.6 Å². The summed E-state index contributed by atoms with van der Waals surface area (Å²) in [6.07, 6.45) is 10.7. The van der Waals surface area contributed by atoms with Crippen LogP contribution in [0.5, 0.6) is 0 Å². The van der Waals surface area contributed by atoms with Crippen molar-refractivity contribution in [3.8, 4) is 0 Å². The van der Waals surface area contributed by atoms with Crippen molar-refractivity contribution < 1.29 is 0 Å². The van der Waals surface area contributed by atoms with Crippen LogP contribution in [-0.2, 0) is 0 Å². The Morgan fingerprint density at radius 3 is 2.24 bits per heavy atom. The highest BCUT2D eigenvalue weighted by Crippen LogP contribution is 2.31. The molecular formula is C19H40N2. The molecule has 1 heterocycles. The van der Waals surface area contributed by atoms with E-state index in [9.17, 15) is 0 Å². The number of likely N-dealkylation sites (tertiary alicyclic amines) is 1. The molecule has 0 saturated carbocycles. The minimum Gasteiger partial charge on any atom is -0.312 e. The molecule has 2 heteroatoms. The van der Waals surface area contributed by atoms with E-state index in [1.807, 2.05) is 0 Å². The SMILES string of the molecule is CCCNC(CC(C)CCC)C(C)(CC)N1CCCCC1. The Morgan fingerprint density at radius 2 is 1.71 bits per heavy atom. The van der Waals surface area contributed by atoms with Crippen LogP contribution in [0.3, 0.4) is 0 Å². The van der Waals surface area contributed by atoms with E-state index in [-0.39, 0.29) is 0 Å². The van der Waals surface area contributed by atoms with Crippen LogP contribution in [0.1, 0.15) is 86.0 Å². The Kier molecular flexibility index (Phi) is 8.89. The summed E-state index contributed by atoms with van der Waals surface area (Å²) in [5, 5.41) is 3.91. The van der Waals surface area contributed by atoms with Crippen molar-refractivity contribution in [3.63, 3.8) is 0 Å². The van der Waals surface area contributed by atoms with Gasteiger partial charge in [-0.25, -0.2) is 0 Å². The summed E-state index contributed by atoms with van der Waals surface area (Å²) in [6, 6.07) is 0.641. The fraction of sp³-hybridized carbons (Fsp3) is 1.00. The average Bonchev–Trinajstić information content (AvgIpc) is 2.51. The summed E-state index contributed by atoms with van der Waals surface area (Å²) >= 11 is 0. The van der Waals surface area contributed by atoms with Crippen molar-refractivity contribution in [1.29, 1.82) is 0 Å². The first-order valence-electron chi connectivity index (χ1n) is 9.56. The molecule has 0 aromatic rings. The van der Waals surface area contributed by atoms with Gasteiger partial charge in [0.2, 0.25) is 0 Å². The van der Waals surface area contributed by atoms with Crippen molar-refractivity contribution >= 4 is 0 Å². The molecule has 2 nitrogen and oxygen atoms in total. The Bertz CT molecular complexity index is 260. The molecule has 0 aromatic heterocycles. The Hall–Kier alpha value is -0.0800. The van der Waals surface area contributed by atoms with Gasteiger partial charge < -0.3 is 5.32 Å². The zero-order valence-electron chi connectivity index (χ0n) is 15.4. The van der Waals surface area contributed by atoms with Gasteiger partial charge in [0.25, 0.3) is 0 Å². The molecule has 1 aliphatic heterocycles. The lowest BCUT2D eigenvalue weighted by Gasteiger charge is -2.49. The van der Waals surface area contributed by atoms with Gasteiger partial charge in [0.15, 0.2) is 0 Å². The van der Waals surface area contributed by atoms with Gasteiger partial charge in [0.1, 0.15) is 0 Å². The quantitative estimate of drug-likeness (QED) is 0.621. The fourth-order valence-corrected chi connectivity index (χ4v) is 3.98. The normalized spacial score (nSPS) is 22.7. The lowest BCUT2D eigenvalue weighted by Crippen LogP contribution is -2.61. The van der Waals surface area contributed by atoms with E-state index in [4.69, 9.17) is 0 Å². The van der Waals surface area contributed by atoms with Gasteiger partial charge in [-0.3, -0.25) is 4.90 Å². The van der Waals surface area contributed by atoms with Crippen LogP contribution in [0, 0.1) is 5.92 Å². The highest BCUT2D eigenvalue weighted by molar-refractivity contribution is 4.97. The second-order valence-corrected chi connectivity index (χ2v) is 7.39. The molecule has 0 amide bonds.